The summed E-state index contributed by atoms with van der Waals surface area (Å²) in [6.45, 7) is 0.0532. The molecule has 0 atom stereocenters. The molecule has 0 amide bonds. The maximum Gasteiger partial charge on any atom is 0.272 e. The average molecular weight is 309 g/mol. The lowest BCUT2D eigenvalue weighted by molar-refractivity contribution is 0.0819. The molecule has 0 saturated carbocycles. The smallest absolute Gasteiger partial charge is 0.272 e. The minimum atomic E-state index is -2.48. The van der Waals surface area contributed by atoms with Crippen molar-refractivity contribution in [3.63, 3.8) is 0 Å². The number of anilines is 2. The summed E-state index contributed by atoms with van der Waals surface area (Å²) < 4.78 is 29.1. The van der Waals surface area contributed by atoms with Gasteiger partial charge >= 0.3 is 0 Å². The Hall–Kier alpha value is -2.15. The molecule has 0 aliphatic carbocycles. The largest absolute Gasteiger partial charge is 0.488 e. The van der Waals surface area contributed by atoms with E-state index in [1.807, 2.05) is 17.2 Å². The fourth-order valence-electron chi connectivity index (χ4n) is 2.16. The van der Waals surface area contributed by atoms with Crippen molar-refractivity contribution >= 4 is 28.8 Å². The van der Waals surface area contributed by atoms with Crippen LogP contribution in [0.1, 0.15) is 5.56 Å². The number of ether oxygens (including phenoxy) is 1. The molecule has 0 spiro atoms. The van der Waals surface area contributed by atoms with Crippen LogP contribution in [0.2, 0.25) is 0 Å². The number of nitrogens with zero attached hydrogens (tertiary/aromatic N) is 1. The molecule has 2 heterocycles. The van der Waals surface area contributed by atoms with E-state index in [1.165, 1.54) is 0 Å². The lowest BCUT2D eigenvalue weighted by atomic mass is 10.2. The number of fused-ring (bicyclic) bond motifs is 1. The number of aromatic amines is 1. The van der Waals surface area contributed by atoms with Crippen LogP contribution in [0, 0.1) is 0 Å². The van der Waals surface area contributed by atoms with Crippen molar-refractivity contribution in [2.75, 3.05) is 16.8 Å². The highest BCUT2D eigenvalue weighted by Crippen LogP contribution is 2.27. The molecule has 1 aromatic heterocycles. The van der Waals surface area contributed by atoms with Gasteiger partial charge in [-0.25, -0.2) is 8.78 Å². The zero-order valence-corrected chi connectivity index (χ0v) is 11.8. The summed E-state index contributed by atoms with van der Waals surface area (Å²) in [4.78, 5) is 5.01. The van der Waals surface area contributed by atoms with E-state index in [-0.39, 0.29) is 0 Å². The molecule has 0 saturated heterocycles. The normalized spacial score (nSPS) is 14.0. The fourth-order valence-corrected chi connectivity index (χ4v) is 2.43. The molecule has 3 rings (SSSR count). The van der Waals surface area contributed by atoms with Crippen molar-refractivity contribution in [1.29, 1.82) is 0 Å². The minimum Gasteiger partial charge on any atom is -0.488 e. The standard InChI is InChI=1S/C14H13F2N3OS/c15-12(16)8-20-11-3-1-10(2-4-11)19-7-9-5-6-17-13(9)18-14(19)21/h1-6,12,17H,7-8H2,(H,18,21). The molecular formula is C14H13F2N3OS. The fraction of sp³-hybridized carbons (Fsp3) is 0.214. The van der Waals surface area contributed by atoms with Crippen molar-refractivity contribution in [2.45, 2.75) is 13.0 Å². The van der Waals surface area contributed by atoms with Gasteiger partial charge in [0.25, 0.3) is 6.43 Å². The maximum absolute atomic E-state index is 12.1. The summed E-state index contributed by atoms with van der Waals surface area (Å²) in [6, 6.07) is 8.90. The van der Waals surface area contributed by atoms with Gasteiger partial charge in [-0.15, -0.1) is 0 Å². The van der Waals surface area contributed by atoms with E-state index in [9.17, 15) is 8.78 Å². The molecule has 0 unspecified atom stereocenters. The Kier molecular flexibility index (Phi) is 3.74. The number of halogens is 2. The van der Waals surface area contributed by atoms with Gasteiger partial charge in [0, 0.05) is 17.4 Å². The van der Waals surface area contributed by atoms with Gasteiger partial charge in [0.1, 0.15) is 18.2 Å². The Morgan fingerprint density at radius 2 is 2.00 bits per heavy atom. The molecule has 2 N–H and O–H groups in total. The van der Waals surface area contributed by atoms with Gasteiger partial charge in [-0.1, -0.05) is 0 Å². The molecule has 0 radical (unpaired) electrons. The van der Waals surface area contributed by atoms with E-state index in [2.05, 4.69) is 10.3 Å². The number of rotatable bonds is 4. The van der Waals surface area contributed by atoms with Crippen LogP contribution >= 0.6 is 12.2 Å². The predicted molar refractivity (Wildman–Crippen MR) is 81.1 cm³/mol. The number of hydrogen-bond acceptors (Lipinski definition) is 2. The van der Waals surface area contributed by atoms with Crippen LogP contribution in [0.25, 0.3) is 0 Å². The second-order valence-corrected chi connectivity index (χ2v) is 4.98. The van der Waals surface area contributed by atoms with Crippen LogP contribution in [0.15, 0.2) is 36.5 Å². The molecule has 0 fully saturated rings. The van der Waals surface area contributed by atoms with Crippen LogP contribution in [-0.2, 0) is 6.54 Å². The van der Waals surface area contributed by atoms with Gasteiger partial charge in [-0.05, 0) is 42.5 Å². The van der Waals surface area contributed by atoms with E-state index >= 15 is 0 Å². The van der Waals surface area contributed by atoms with Crippen LogP contribution in [0.3, 0.4) is 0 Å². The summed E-state index contributed by atoms with van der Waals surface area (Å²) in [7, 11) is 0. The minimum absolute atomic E-state index is 0.414. The van der Waals surface area contributed by atoms with Crippen LogP contribution in [0.5, 0.6) is 5.75 Å². The zero-order chi connectivity index (χ0) is 14.8. The molecule has 1 aliphatic rings. The molecule has 21 heavy (non-hydrogen) atoms. The van der Waals surface area contributed by atoms with Crippen LogP contribution < -0.4 is 15.0 Å². The highest BCUT2D eigenvalue weighted by Gasteiger charge is 2.21. The van der Waals surface area contributed by atoms with E-state index < -0.39 is 13.0 Å². The van der Waals surface area contributed by atoms with Crippen LogP contribution in [0.4, 0.5) is 20.3 Å². The molecule has 110 valence electrons. The molecule has 1 aromatic carbocycles. The third-order valence-electron chi connectivity index (χ3n) is 3.16. The monoisotopic (exact) mass is 309 g/mol. The quantitative estimate of drug-likeness (QED) is 0.850. The molecule has 2 aromatic rings. The third kappa shape index (κ3) is 2.97. The number of aromatic nitrogens is 1. The van der Waals surface area contributed by atoms with Crippen molar-refractivity contribution in [3.8, 4) is 5.75 Å². The molecular weight excluding hydrogens is 296 g/mol. The van der Waals surface area contributed by atoms with Gasteiger partial charge in [0.2, 0.25) is 0 Å². The number of alkyl halides is 2. The van der Waals surface area contributed by atoms with Crippen molar-refractivity contribution in [2.24, 2.45) is 0 Å². The number of hydrogen-bond donors (Lipinski definition) is 2. The second kappa shape index (κ2) is 5.69. The molecule has 7 heteroatoms. The van der Waals surface area contributed by atoms with Crippen LogP contribution in [-0.4, -0.2) is 23.1 Å². The topological polar surface area (TPSA) is 40.3 Å². The Labute approximate surface area is 125 Å². The predicted octanol–water partition coefficient (Wildman–Crippen LogP) is 3.38. The zero-order valence-electron chi connectivity index (χ0n) is 11.0. The lowest BCUT2D eigenvalue weighted by Gasteiger charge is -2.30. The third-order valence-corrected chi connectivity index (χ3v) is 3.49. The first-order valence-electron chi connectivity index (χ1n) is 6.39. The van der Waals surface area contributed by atoms with Gasteiger partial charge in [-0.3, -0.25) is 0 Å². The summed E-state index contributed by atoms with van der Waals surface area (Å²) in [5.41, 5.74) is 1.99. The number of H-pyrrole nitrogens is 1. The first-order valence-corrected chi connectivity index (χ1v) is 6.80. The van der Waals surface area contributed by atoms with Gasteiger partial charge < -0.3 is 19.9 Å². The van der Waals surface area contributed by atoms with E-state index in [4.69, 9.17) is 17.0 Å². The van der Waals surface area contributed by atoms with Crippen molar-refractivity contribution in [3.05, 3.63) is 42.1 Å². The molecule has 4 nitrogen and oxygen atoms in total. The number of nitrogens with one attached hydrogen (secondary N) is 2. The van der Waals surface area contributed by atoms with Gasteiger partial charge in [-0.2, -0.15) is 0 Å². The van der Waals surface area contributed by atoms with E-state index in [0.717, 1.165) is 17.1 Å². The summed E-state index contributed by atoms with van der Waals surface area (Å²) in [5, 5.41) is 3.70. The molecule has 1 aliphatic heterocycles. The Bertz CT molecular complexity index is 642. The summed E-state index contributed by atoms with van der Waals surface area (Å²) >= 11 is 5.33. The lowest BCUT2D eigenvalue weighted by Crippen LogP contribution is -2.38. The van der Waals surface area contributed by atoms with Crippen molar-refractivity contribution < 1.29 is 13.5 Å². The highest BCUT2D eigenvalue weighted by molar-refractivity contribution is 7.80. The molecule has 0 bridgehead atoms. The Balaban J connectivity index is 1.74. The Morgan fingerprint density at radius 3 is 2.71 bits per heavy atom. The Morgan fingerprint density at radius 1 is 1.24 bits per heavy atom. The SMILES string of the molecule is FC(F)COc1ccc(N2Cc3cc[nH]c3NC2=S)cc1. The van der Waals surface area contributed by atoms with E-state index in [0.29, 0.717) is 17.4 Å². The maximum atomic E-state index is 12.1. The highest BCUT2D eigenvalue weighted by atomic mass is 32.1. The number of benzene rings is 1. The van der Waals surface area contributed by atoms with Crippen molar-refractivity contribution in [1.82, 2.24) is 4.98 Å². The number of thiocarbonyl (C=S) groups is 1. The first-order chi connectivity index (χ1) is 10.1. The van der Waals surface area contributed by atoms with Gasteiger partial charge in [0.05, 0.1) is 6.54 Å². The van der Waals surface area contributed by atoms with E-state index in [1.54, 1.807) is 24.3 Å². The summed E-state index contributed by atoms with van der Waals surface area (Å²) in [6.07, 6.45) is -0.624. The van der Waals surface area contributed by atoms with Gasteiger partial charge in [0.15, 0.2) is 5.11 Å². The second-order valence-electron chi connectivity index (χ2n) is 4.59. The summed E-state index contributed by atoms with van der Waals surface area (Å²) in [5.74, 6) is 1.32. The first kappa shape index (κ1) is 13.8. The average Bonchev–Trinajstić information content (AvgIpc) is 2.92.